The molecular formula is C14H12BrClN2O. The maximum absolute atomic E-state index is 11.9. The first-order valence-electron chi connectivity index (χ1n) is 5.64. The van der Waals surface area contributed by atoms with Crippen molar-refractivity contribution in [2.75, 3.05) is 10.6 Å². The van der Waals surface area contributed by atoms with Gasteiger partial charge in [-0.2, -0.15) is 0 Å². The quantitative estimate of drug-likeness (QED) is 0.789. The Labute approximate surface area is 125 Å². The van der Waals surface area contributed by atoms with Gasteiger partial charge in [0, 0.05) is 20.9 Å². The van der Waals surface area contributed by atoms with Crippen LogP contribution in [0.25, 0.3) is 0 Å². The number of urea groups is 1. The van der Waals surface area contributed by atoms with Gasteiger partial charge in [0.15, 0.2) is 0 Å². The SMILES string of the molecule is Cc1cc(Cl)ccc1NC(=O)Nc1cccc(Br)c1. The van der Waals surface area contributed by atoms with Gasteiger partial charge in [0.2, 0.25) is 0 Å². The second-order valence-electron chi connectivity index (χ2n) is 4.05. The molecule has 2 aromatic carbocycles. The van der Waals surface area contributed by atoms with E-state index in [-0.39, 0.29) is 6.03 Å². The topological polar surface area (TPSA) is 41.1 Å². The van der Waals surface area contributed by atoms with E-state index in [0.717, 1.165) is 21.4 Å². The molecule has 0 saturated carbocycles. The summed E-state index contributed by atoms with van der Waals surface area (Å²) in [6.07, 6.45) is 0. The maximum atomic E-state index is 11.9. The molecule has 0 atom stereocenters. The molecule has 19 heavy (non-hydrogen) atoms. The van der Waals surface area contributed by atoms with Crippen LogP contribution in [0.15, 0.2) is 46.9 Å². The van der Waals surface area contributed by atoms with E-state index in [4.69, 9.17) is 11.6 Å². The average Bonchev–Trinajstić information content (AvgIpc) is 2.33. The van der Waals surface area contributed by atoms with Crippen molar-refractivity contribution in [3.8, 4) is 0 Å². The van der Waals surface area contributed by atoms with E-state index < -0.39 is 0 Å². The lowest BCUT2D eigenvalue weighted by Gasteiger charge is -2.10. The van der Waals surface area contributed by atoms with E-state index >= 15 is 0 Å². The summed E-state index contributed by atoms with van der Waals surface area (Å²) in [7, 11) is 0. The molecule has 0 fully saturated rings. The van der Waals surface area contributed by atoms with E-state index in [2.05, 4.69) is 26.6 Å². The fraction of sp³-hybridized carbons (Fsp3) is 0.0714. The zero-order valence-corrected chi connectivity index (χ0v) is 12.5. The van der Waals surface area contributed by atoms with Crippen LogP contribution in [-0.2, 0) is 0 Å². The molecule has 0 spiro atoms. The van der Waals surface area contributed by atoms with Crippen molar-refractivity contribution in [3.63, 3.8) is 0 Å². The molecule has 0 bridgehead atoms. The van der Waals surface area contributed by atoms with E-state index in [1.807, 2.05) is 31.2 Å². The number of benzene rings is 2. The Balaban J connectivity index is 2.05. The first kappa shape index (κ1) is 13.9. The highest BCUT2D eigenvalue weighted by atomic mass is 79.9. The highest BCUT2D eigenvalue weighted by Crippen LogP contribution is 2.20. The highest BCUT2D eigenvalue weighted by molar-refractivity contribution is 9.10. The smallest absolute Gasteiger partial charge is 0.308 e. The van der Waals surface area contributed by atoms with E-state index in [1.165, 1.54) is 0 Å². The minimum atomic E-state index is -0.288. The van der Waals surface area contributed by atoms with Gasteiger partial charge in [-0.15, -0.1) is 0 Å². The maximum Gasteiger partial charge on any atom is 0.323 e. The summed E-state index contributed by atoms with van der Waals surface area (Å²) >= 11 is 9.22. The van der Waals surface area contributed by atoms with Crippen LogP contribution < -0.4 is 10.6 Å². The lowest BCUT2D eigenvalue weighted by molar-refractivity contribution is 0.262. The zero-order valence-electron chi connectivity index (χ0n) is 10.2. The summed E-state index contributed by atoms with van der Waals surface area (Å²) in [5.41, 5.74) is 2.37. The molecule has 5 heteroatoms. The fourth-order valence-corrected chi connectivity index (χ4v) is 2.24. The molecule has 0 radical (unpaired) electrons. The van der Waals surface area contributed by atoms with Gasteiger partial charge in [0.05, 0.1) is 0 Å². The number of rotatable bonds is 2. The van der Waals surface area contributed by atoms with E-state index in [0.29, 0.717) is 5.02 Å². The normalized spacial score (nSPS) is 10.1. The second kappa shape index (κ2) is 6.08. The Kier molecular flexibility index (Phi) is 4.45. The minimum absolute atomic E-state index is 0.288. The van der Waals surface area contributed by atoms with Crippen LogP contribution >= 0.6 is 27.5 Å². The van der Waals surface area contributed by atoms with Crippen molar-refractivity contribution >= 4 is 44.9 Å². The minimum Gasteiger partial charge on any atom is -0.308 e. The molecular weight excluding hydrogens is 328 g/mol. The van der Waals surface area contributed by atoms with E-state index in [9.17, 15) is 4.79 Å². The Morgan fingerprint density at radius 2 is 1.95 bits per heavy atom. The number of halogens is 2. The standard InChI is InChI=1S/C14H12BrClN2O/c1-9-7-11(16)5-6-13(9)18-14(19)17-12-4-2-3-10(15)8-12/h2-8H,1H3,(H2,17,18,19). The second-order valence-corrected chi connectivity index (χ2v) is 5.40. The molecule has 0 saturated heterocycles. The molecule has 0 aliphatic heterocycles. The molecule has 0 aliphatic rings. The lowest BCUT2D eigenvalue weighted by atomic mass is 10.2. The summed E-state index contributed by atoms with van der Waals surface area (Å²) < 4.78 is 0.910. The molecule has 0 aromatic heterocycles. The number of aryl methyl sites for hydroxylation is 1. The molecule has 0 aliphatic carbocycles. The van der Waals surface area contributed by atoms with Crippen molar-refractivity contribution in [1.82, 2.24) is 0 Å². The largest absolute Gasteiger partial charge is 0.323 e. The van der Waals surface area contributed by atoms with Gasteiger partial charge in [-0.05, 0) is 48.9 Å². The Bertz CT molecular complexity index is 616. The fourth-order valence-electron chi connectivity index (χ4n) is 1.62. The monoisotopic (exact) mass is 338 g/mol. The molecule has 2 rings (SSSR count). The number of anilines is 2. The molecule has 98 valence electrons. The number of carbonyl (C=O) groups excluding carboxylic acids is 1. The predicted octanol–water partition coefficient (Wildman–Crippen LogP) is 5.05. The van der Waals surface area contributed by atoms with Crippen molar-refractivity contribution in [2.45, 2.75) is 6.92 Å². The third-order valence-corrected chi connectivity index (χ3v) is 3.25. The summed E-state index contributed by atoms with van der Waals surface area (Å²) in [4.78, 5) is 11.9. The van der Waals surface area contributed by atoms with Gasteiger partial charge in [0.25, 0.3) is 0 Å². The summed E-state index contributed by atoms with van der Waals surface area (Å²) in [5, 5.41) is 6.19. The molecule has 2 N–H and O–H groups in total. The van der Waals surface area contributed by atoms with Crippen LogP contribution in [0.2, 0.25) is 5.02 Å². The molecule has 0 heterocycles. The summed E-state index contributed by atoms with van der Waals surface area (Å²) in [6.45, 7) is 1.89. The lowest BCUT2D eigenvalue weighted by Crippen LogP contribution is -2.19. The van der Waals surface area contributed by atoms with Crippen molar-refractivity contribution < 1.29 is 4.79 Å². The van der Waals surface area contributed by atoms with Gasteiger partial charge in [-0.3, -0.25) is 0 Å². The third-order valence-electron chi connectivity index (χ3n) is 2.52. The number of amides is 2. The van der Waals surface area contributed by atoms with Gasteiger partial charge in [0.1, 0.15) is 0 Å². The van der Waals surface area contributed by atoms with Crippen LogP contribution in [-0.4, -0.2) is 6.03 Å². The number of carbonyl (C=O) groups is 1. The average molecular weight is 340 g/mol. The molecule has 3 nitrogen and oxygen atoms in total. The first-order valence-corrected chi connectivity index (χ1v) is 6.81. The Morgan fingerprint density at radius 3 is 2.63 bits per heavy atom. The third kappa shape index (κ3) is 3.98. The van der Waals surface area contributed by atoms with Crippen molar-refractivity contribution in [2.24, 2.45) is 0 Å². The summed E-state index contributed by atoms with van der Waals surface area (Å²) in [5.74, 6) is 0. The van der Waals surface area contributed by atoms with Crippen LogP contribution in [0.4, 0.5) is 16.2 Å². The van der Waals surface area contributed by atoms with Gasteiger partial charge >= 0.3 is 6.03 Å². The van der Waals surface area contributed by atoms with Gasteiger partial charge in [-0.1, -0.05) is 33.6 Å². The Morgan fingerprint density at radius 1 is 1.16 bits per heavy atom. The first-order chi connectivity index (χ1) is 9.04. The summed E-state index contributed by atoms with van der Waals surface area (Å²) in [6, 6.07) is 12.4. The number of hydrogen-bond acceptors (Lipinski definition) is 1. The molecule has 2 amide bonds. The zero-order chi connectivity index (χ0) is 13.8. The van der Waals surface area contributed by atoms with Crippen LogP contribution in [0, 0.1) is 6.92 Å². The Hall–Kier alpha value is -1.52. The van der Waals surface area contributed by atoms with Crippen LogP contribution in [0.3, 0.4) is 0 Å². The predicted molar refractivity (Wildman–Crippen MR) is 83.0 cm³/mol. The number of hydrogen-bond donors (Lipinski definition) is 2. The van der Waals surface area contributed by atoms with Crippen molar-refractivity contribution in [3.05, 3.63) is 57.5 Å². The van der Waals surface area contributed by atoms with Gasteiger partial charge in [-0.25, -0.2) is 4.79 Å². The van der Waals surface area contributed by atoms with Gasteiger partial charge < -0.3 is 10.6 Å². The highest BCUT2D eigenvalue weighted by Gasteiger charge is 2.05. The van der Waals surface area contributed by atoms with Crippen molar-refractivity contribution in [1.29, 1.82) is 0 Å². The van der Waals surface area contributed by atoms with Crippen LogP contribution in [0.1, 0.15) is 5.56 Å². The number of nitrogens with one attached hydrogen (secondary N) is 2. The molecule has 2 aromatic rings. The van der Waals surface area contributed by atoms with E-state index in [1.54, 1.807) is 18.2 Å². The molecule has 0 unspecified atom stereocenters. The van der Waals surface area contributed by atoms with Crippen LogP contribution in [0.5, 0.6) is 0 Å².